The number of thiazole rings is 1. The zero-order chi connectivity index (χ0) is 10.8. The lowest BCUT2D eigenvalue weighted by molar-refractivity contribution is 0.0757. The standard InChI is InChI=1S/C11H16N2O2S/c1-3-14-5-8(1)11-13-10(7-16-11)9-6-15-4-2-12-9/h7-9,12H,1-6H2. The maximum absolute atomic E-state index is 5.45. The molecule has 88 valence electrons. The van der Waals surface area contributed by atoms with Gasteiger partial charge in [-0.2, -0.15) is 0 Å². The molecule has 5 heteroatoms. The molecule has 0 radical (unpaired) electrons. The first-order chi connectivity index (χ1) is 7.93. The molecule has 1 aromatic rings. The van der Waals surface area contributed by atoms with Crippen LogP contribution in [0.2, 0.25) is 0 Å². The van der Waals surface area contributed by atoms with Gasteiger partial charge in [-0.15, -0.1) is 11.3 Å². The molecule has 2 saturated heterocycles. The third-order valence-electron chi connectivity index (χ3n) is 3.10. The van der Waals surface area contributed by atoms with Gasteiger partial charge >= 0.3 is 0 Å². The van der Waals surface area contributed by atoms with Gasteiger partial charge in [0.1, 0.15) is 0 Å². The maximum Gasteiger partial charge on any atom is 0.0983 e. The molecule has 4 nitrogen and oxygen atoms in total. The van der Waals surface area contributed by atoms with Crippen molar-refractivity contribution in [3.05, 3.63) is 16.1 Å². The van der Waals surface area contributed by atoms with E-state index in [-0.39, 0.29) is 6.04 Å². The highest BCUT2D eigenvalue weighted by molar-refractivity contribution is 7.09. The maximum atomic E-state index is 5.45. The molecular weight excluding hydrogens is 224 g/mol. The molecule has 0 bridgehead atoms. The molecule has 2 atom stereocenters. The summed E-state index contributed by atoms with van der Waals surface area (Å²) in [6.45, 7) is 4.18. The number of rotatable bonds is 2. The van der Waals surface area contributed by atoms with Crippen LogP contribution in [0.15, 0.2) is 5.38 Å². The smallest absolute Gasteiger partial charge is 0.0983 e. The predicted molar refractivity (Wildman–Crippen MR) is 61.9 cm³/mol. The Morgan fingerprint density at radius 3 is 3.00 bits per heavy atom. The summed E-state index contributed by atoms with van der Waals surface area (Å²) in [6.07, 6.45) is 1.11. The van der Waals surface area contributed by atoms with Crippen LogP contribution in [0.3, 0.4) is 0 Å². The van der Waals surface area contributed by atoms with Gasteiger partial charge in [0, 0.05) is 24.4 Å². The van der Waals surface area contributed by atoms with E-state index in [0.717, 1.165) is 45.1 Å². The van der Waals surface area contributed by atoms with Crippen LogP contribution in [0, 0.1) is 0 Å². The lowest BCUT2D eigenvalue weighted by Crippen LogP contribution is -2.34. The lowest BCUT2D eigenvalue weighted by Gasteiger charge is -2.22. The first kappa shape index (κ1) is 10.7. The zero-order valence-electron chi connectivity index (χ0n) is 9.15. The van der Waals surface area contributed by atoms with Crippen molar-refractivity contribution in [2.45, 2.75) is 18.4 Å². The van der Waals surface area contributed by atoms with Gasteiger partial charge in [0.05, 0.1) is 36.6 Å². The van der Waals surface area contributed by atoms with E-state index in [1.807, 2.05) is 0 Å². The van der Waals surface area contributed by atoms with Crippen molar-refractivity contribution in [1.82, 2.24) is 10.3 Å². The van der Waals surface area contributed by atoms with E-state index < -0.39 is 0 Å². The Morgan fingerprint density at radius 1 is 1.31 bits per heavy atom. The first-order valence-corrected chi connectivity index (χ1v) is 6.65. The molecule has 3 heterocycles. The molecule has 0 aromatic carbocycles. The van der Waals surface area contributed by atoms with Crippen molar-refractivity contribution in [3.8, 4) is 0 Å². The Morgan fingerprint density at radius 2 is 2.25 bits per heavy atom. The molecule has 0 aliphatic carbocycles. The number of morpholine rings is 1. The normalized spacial score (nSPS) is 30.8. The van der Waals surface area contributed by atoms with Gasteiger partial charge < -0.3 is 14.8 Å². The summed E-state index contributed by atoms with van der Waals surface area (Å²) >= 11 is 1.75. The van der Waals surface area contributed by atoms with Gasteiger partial charge in [-0.25, -0.2) is 4.98 Å². The van der Waals surface area contributed by atoms with Gasteiger partial charge in [-0.3, -0.25) is 0 Å². The number of hydrogen-bond donors (Lipinski definition) is 1. The van der Waals surface area contributed by atoms with Gasteiger partial charge in [0.25, 0.3) is 0 Å². The van der Waals surface area contributed by atoms with Crippen LogP contribution >= 0.6 is 11.3 Å². The second-order valence-corrected chi connectivity index (χ2v) is 5.14. The van der Waals surface area contributed by atoms with Crippen LogP contribution in [-0.2, 0) is 9.47 Å². The number of aromatic nitrogens is 1. The molecule has 3 rings (SSSR count). The van der Waals surface area contributed by atoms with Gasteiger partial charge in [0.2, 0.25) is 0 Å². The van der Waals surface area contributed by atoms with E-state index in [9.17, 15) is 0 Å². The molecular formula is C11H16N2O2S. The van der Waals surface area contributed by atoms with Crippen LogP contribution in [0.5, 0.6) is 0 Å². The van der Waals surface area contributed by atoms with Crippen molar-refractivity contribution in [3.63, 3.8) is 0 Å². The number of ether oxygens (including phenoxy) is 2. The Balaban J connectivity index is 1.71. The highest BCUT2D eigenvalue weighted by Crippen LogP contribution is 2.29. The number of hydrogen-bond acceptors (Lipinski definition) is 5. The van der Waals surface area contributed by atoms with E-state index in [1.54, 1.807) is 11.3 Å². The molecule has 2 aliphatic rings. The minimum atomic E-state index is 0.279. The van der Waals surface area contributed by atoms with Crippen LogP contribution in [0.4, 0.5) is 0 Å². The van der Waals surface area contributed by atoms with Gasteiger partial charge in [-0.05, 0) is 6.42 Å². The summed E-state index contributed by atoms with van der Waals surface area (Å²) in [6, 6.07) is 0.279. The Kier molecular flexibility index (Phi) is 3.19. The topological polar surface area (TPSA) is 43.4 Å². The molecule has 16 heavy (non-hydrogen) atoms. The quantitative estimate of drug-likeness (QED) is 0.846. The summed E-state index contributed by atoms with van der Waals surface area (Å²) in [4.78, 5) is 4.71. The molecule has 2 unspecified atom stereocenters. The second-order valence-electron chi connectivity index (χ2n) is 4.25. The van der Waals surface area contributed by atoms with Crippen molar-refractivity contribution in [2.75, 3.05) is 33.0 Å². The highest BCUT2D eigenvalue weighted by atomic mass is 32.1. The van der Waals surface area contributed by atoms with Crippen LogP contribution in [-0.4, -0.2) is 38.0 Å². The third-order valence-corrected chi connectivity index (χ3v) is 4.12. The molecule has 2 aliphatic heterocycles. The minimum absolute atomic E-state index is 0.279. The largest absolute Gasteiger partial charge is 0.381 e. The summed E-state index contributed by atoms with van der Waals surface area (Å²) in [5.74, 6) is 0.517. The fourth-order valence-corrected chi connectivity index (χ4v) is 3.13. The third kappa shape index (κ3) is 2.13. The highest BCUT2D eigenvalue weighted by Gasteiger charge is 2.23. The second kappa shape index (κ2) is 4.79. The molecule has 1 N–H and O–H groups in total. The SMILES string of the molecule is c1sc(C2CCOC2)nc1C1COCCN1. The van der Waals surface area contributed by atoms with E-state index in [2.05, 4.69) is 10.7 Å². The predicted octanol–water partition coefficient (Wildman–Crippen LogP) is 1.31. The van der Waals surface area contributed by atoms with Crippen LogP contribution < -0.4 is 5.32 Å². The molecule has 0 saturated carbocycles. The van der Waals surface area contributed by atoms with Crippen LogP contribution in [0.25, 0.3) is 0 Å². The fraction of sp³-hybridized carbons (Fsp3) is 0.727. The average molecular weight is 240 g/mol. The average Bonchev–Trinajstić information content (AvgIpc) is 3.01. The monoisotopic (exact) mass is 240 g/mol. The zero-order valence-corrected chi connectivity index (χ0v) is 9.96. The molecule has 0 spiro atoms. The first-order valence-electron chi connectivity index (χ1n) is 5.77. The van der Waals surface area contributed by atoms with E-state index in [1.165, 1.54) is 5.01 Å². The van der Waals surface area contributed by atoms with Crippen molar-refractivity contribution < 1.29 is 9.47 Å². The molecule has 1 aromatic heterocycles. The Labute approximate surface area is 99.0 Å². The lowest BCUT2D eigenvalue weighted by atomic mass is 10.1. The van der Waals surface area contributed by atoms with E-state index in [0.29, 0.717) is 5.92 Å². The van der Waals surface area contributed by atoms with Gasteiger partial charge in [-0.1, -0.05) is 0 Å². The van der Waals surface area contributed by atoms with Crippen molar-refractivity contribution >= 4 is 11.3 Å². The molecule has 2 fully saturated rings. The van der Waals surface area contributed by atoms with Gasteiger partial charge in [0.15, 0.2) is 0 Å². The summed E-state index contributed by atoms with van der Waals surface area (Å²) < 4.78 is 10.8. The molecule has 0 amide bonds. The van der Waals surface area contributed by atoms with Crippen molar-refractivity contribution in [1.29, 1.82) is 0 Å². The van der Waals surface area contributed by atoms with E-state index >= 15 is 0 Å². The number of nitrogens with zero attached hydrogens (tertiary/aromatic N) is 1. The summed E-state index contributed by atoms with van der Waals surface area (Å²) in [7, 11) is 0. The Hall–Kier alpha value is -0.490. The number of nitrogens with one attached hydrogen (secondary N) is 1. The summed E-state index contributed by atoms with van der Waals surface area (Å²) in [5.41, 5.74) is 1.13. The minimum Gasteiger partial charge on any atom is -0.381 e. The Bertz CT molecular complexity index is 344. The van der Waals surface area contributed by atoms with Crippen LogP contribution in [0.1, 0.15) is 29.1 Å². The summed E-state index contributed by atoms with van der Waals surface area (Å²) in [5, 5.41) is 6.80. The van der Waals surface area contributed by atoms with E-state index in [4.69, 9.17) is 14.5 Å². The van der Waals surface area contributed by atoms with Crippen molar-refractivity contribution in [2.24, 2.45) is 0 Å². The fourth-order valence-electron chi connectivity index (χ4n) is 2.13.